The van der Waals surface area contributed by atoms with Crippen molar-refractivity contribution >= 4 is 11.8 Å². The Morgan fingerprint density at radius 1 is 1.48 bits per heavy atom. The van der Waals surface area contributed by atoms with Crippen LogP contribution >= 0.6 is 0 Å². The quantitative estimate of drug-likeness (QED) is 0.850. The van der Waals surface area contributed by atoms with Crippen LogP contribution in [0.1, 0.15) is 24.2 Å². The van der Waals surface area contributed by atoms with Crippen LogP contribution in [-0.4, -0.2) is 44.6 Å². The Morgan fingerprint density at radius 2 is 2.38 bits per heavy atom. The van der Waals surface area contributed by atoms with E-state index in [2.05, 4.69) is 35.1 Å². The number of anilines is 2. The summed E-state index contributed by atoms with van der Waals surface area (Å²) in [7, 11) is 0. The van der Waals surface area contributed by atoms with Gasteiger partial charge in [-0.25, -0.2) is 9.61 Å². The third-order valence-corrected chi connectivity index (χ3v) is 3.52. The normalized spacial score (nSPS) is 18.8. The van der Waals surface area contributed by atoms with E-state index in [1.54, 1.807) is 6.20 Å². The second-order valence-corrected chi connectivity index (χ2v) is 5.13. The van der Waals surface area contributed by atoms with Crippen molar-refractivity contribution in [2.45, 2.75) is 32.4 Å². The zero-order chi connectivity index (χ0) is 14.7. The molecule has 0 bridgehead atoms. The smallest absolute Gasteiger partial charge is 0.224 e. The first-order valence-corrected chi connectivity index (χ1v) is 7.00. The molecule has 8 heteroatoms. The van der Waals surface area contributed by atoms with E-state index in [0.29, 0.717) is 19.0 Å². The van der Waals surface area contributed by atoms with Crippen LogP contribution < -0.4 is 10.2 Å². The molecular formula is C13H18N6O2. The minimum atomic E-state index is -0.283. The largest absolute Gasteiger partial charge is 0.391 e. The Kier molecular flexibility index (Phi) is 3.96. The summed E-state index contributed by atoms with van der Waals surface area (Å²) in [4.78, 5) is 10.7. The number of aliphatic hydroxyl groups excluding tert-OH is 1. The lowest BCUT2D eigenvalue weighted by molar-refractivity contribution is 0.154. The van der Waals surface area contributed by atoms with Gasteiger partial charge >= 0.3 is 0 Å². The van der Waals surface area contributed by atoms with Crippen LogP contribution in [0.25, 0.3) is 0 Å². The molecule has 0 radical (unpaired) electrons. The molecule has 0 amide bonds. The molecular weight excluding hydrogens is 272 g/mol. The van der Waals surface area contributed by atoms with Crippen molar-refractivity contribution in [3.8, 4) is 0 Å². The standard InChI is InChI=1S/C13H18N6O2/c1-9-11(18-21-17-9)7-15-13-14-5-4-12(16-13)19-6-2-3-10(20)8-19/h4-5,10,20H,2-3,6-8H2,1H3,(H,14,15,16). The predicted octanol–water partition coefficient (Wildman–Crippen LogP) is 0.741. The molecule has 1 aliphatic rings. The summed E-state index contributed by atoms with van der Waals surface area (Å²) in [5.74, 6) is 1.34. The minimum absolute atomic E-state index is 0.283. The molecule has 2 aromatic rings. The summed E-state index contributed by atoms with van der Waals surface area (Å²) in [6.45, 7) is 3.81. The summed E-state index contributed by atoms with van der Waals surface area (Å²) in [5, 5.41) is 20.4. The number of hydrogen-bond donors (Lipinski definition) is 2. The predicted molar refractivity (Wildman–Crippen MR) is 75.8 cm³/mol. The first-order valence-electron chi connectivity index (χ1n) is 7.00. The summed E-state index contributed by atoms with van der Waals surface area (Å²) in [6.07, 6.45) is 3.25. The Balaban J connectivity index is 1.67. The van der Waals surface area contributed by atoms with Gasteiger partial charge in [-0.2, -0.15) is 4.98 Å². The zero-order valence-electron chi connectivity index (χ0n) is 11.9. The Morgan fingerprint density at radius 3 is 3.14 bits per heavy atom. The van der Waals surface area contributed by atoms with Gasteiger partial charge in [-0.15, -0.1) is 0 Å². The van der Waals surface area contributed by atoms with E-state index < -0.39 is 0 Å². The van der Waals surface area contributed by atoms with Crippen LogP contribution in [0, 0.1) is 6.92 Å². The molecule has 0 saturated carbocycles. The van der Waals surface area contributed by atoms with Crippen LogP contribution in [-0.2, 0) is 6.54 Å². The molecule has 0 aromatic carbocycles. The van der Waals surface area contributed by atoms with Crippen LogP contribution in [0.5, 0.6) is 0 Å². The fraction of sp³-hybridized carbons (Fsp3) is 0.538. The minimum Gasteiger partial charge on any atom is -0.391 e. The second kappa shape index (κ2) is 6.04. The van der Waals surface area contributed by atoms with Gasteiger partial charge in [0.25, 0.3) is 0 Å². The van der Waals surface area contributed by atoms with Gasteiger partial charge in [0.15, 0.2) is 0 Å². The highest BCUT2D eigenvalue weighted by molar-refractivity contribution is 5.43. The highest BCUT2D eigenvalue weighted by atomic mass is 16.6. The molecule has 3 rings (SSSR count). The lowest BCUT2D eigenvalue weighted by Gasteiger charge is -2.31. The van der Waals surface area contributed by atoms with E-state index in [0.717, 1.165) is 36.6 Å². The third kappa shape index (κ3) is 3.27. The van der Waals surface area contributed by atoms with Crippen LogP contribution in [0.15, 0.2) is 16.9 Å². The van der Waals surface area contributed by atoms with E-state index in [4.69, 9.17) is 0 Å². The monoisotopic (exact) mass is 290 g/mol. The van der Waals surface area contributed by atoms with Gasteiger partial charge in [0, 0.05) is 19.3 Å². The van der Waals surface area contributed by atoms with Crippen molar-refractivity contribution in [2.75, 3.05) is 23.3 Å². The van der Waals surface area contributed by atoms with E-state index in [1.165, 1.54) is 0 Å². The maximum absolute atomic E-state index is 9.74. The first-order chi connectivity index (χ1) is 10.2. The van der Waals surface area contributed by atoms with Crippen LogP contribution in [0.2, 0.25) is 0 Å². The molecule has 1 fully saturated rings. The van der Waals surface area contributed by atoms with E-state index in [1.807, 2.05) is 13.0 Å². The topological polar surface area (TPSA) is 100 Å². The number of nitrogens with zero attached hydrogens (tertiary/aromatic N) is 5. The fourth-order valence-electron chi connectivity index (χ4n) is 2.35. The third-order valence-electron chi connectivity index (χ3n) is 3.52. The lowest BCUT2D eigenvalue weighted by atomic mass is 10.1. The number of aryl methyl sites for hydroxylation is 1. The Bertz CT molecular complexity index is 602. The van der Waals surface area contributed by atoms with Crippen LogP contribution in [0.4, 0.5) is 11.8 Å². The number of nitrogens with one attached hydrogen (secondary N) is 1. The average Bonchev–Trinajstić information content (AvgIpc) is 2.91. The van der Waals surface area contributed by atoms with E-state index in [9.17, 15) is 5.11 Å². The Labute approximate surface area is 122 Å². The maximum Gasteiger partial charge on any atom is 0.224 e. The summed E-state index contributed by atoms with van der Waals surface area (Å²) in [5.41, 5.74) is 1.48. The molecule has 2 aromatic heterocycles. The fourth-order valence-corrected chi connectivity index (χ4v) is 2.35. The molecule has 1 saturated heterocycles. The summed E-state index contributed by atoms with van der Waals surface area (Å²) in [6, 6.07) is 1.85. The number of piperidine rings is 1. The molecule has 3 heterocycles. The van der Waals surface area contributed by atoms with Gasteiger partial charge in [-0.1, -0.05) is 10.3 Å². The number of rotatable bonds is 4. The Hall–Kier alpha value is -2.22. The molecule has 8 nitrogen and oxygen atoms in total. The van der Waals surface area contributed by atoms with Gasteiger partial charge in [0.05, 0.1) is 12.6 Å². The van der Waals surface area contributed by atoms with Crippen molar-refractivity contribution < 1.29 is 9.74 Å². The molecule has 112 valence electrons. The van der Waals surface area contributed by atoms with E-state index >= 15 is 0 Å². The van der Waals surface area contributed by atoms with Gasteiger partial charge in [0.2, 0.25) is 5.95 Å². The van der Waals surface area contributed by atoms with Crippen LogP contribution in [0.3, 0.4) is 0 Å². The molecule has 1 aliphatic heterocycles. The lowest BCUT2D eigenvalue weighted by Crippen LogP contribution is -2.38. The zero-order valence-corrected chi connectivity index (χ0v) is 11.9. The molecule has 1 unspecified atom stereocenters. The van der Waals surface area contributed by atoms with Crippen molar-refractivity contribution in [1.29, 1.82) is 0 Å². The van der Waals surface area contributed by atoms with Gasteiger partial charge in [0.1, 0.15) is 17.2 Å². The number of β-amino-alcohol motifs (C(OH)–C–C–N with tert-alkyl or cyclic N) is 1. The molecule has 2 N–H and O–H groups in total. The highest BCUT2D eigenvalue weighted by Crippen LogP contribution is 2.18. The first kappa shape index (κ1) is 13.7. The van der Waals surface area contributed by atoms with Gasteiger partial charge in [-0.05, 0) is 25.8 Å². The number of aromatic nitrogens is 4. The van der Waals surface area contributed by atoms with Gasteiger partial charge in [-0.3, -0.25) is 0 Å². The maximum atomic E-state index is 9.74. The van der Waals surface area contributed by atoms with E-state index in [-0.39, 0.29) is 6.10 Å². The van der Waals surface area contributed by atoms with Gasteiger partial charge < -0.3 is 15.3 Å². The van der Waals surface area contributed by atoms with Crippen molar-refractivity contribution in [3.05, 3.63) is 23.7 Å². The summed E-state index contributed by atoms with van der Waals surface area (Å²) < 4.78 is 4.65. The molecule has 1 atom stereocenters. The van der Waals surface area contributed by atoms with Crippen molar-refractivity contribution in [1.82, 2.24) is 20.3 Å². The van der Waals surface area contributed by atoms with Crippen molar-refractivity contribution in [2.24, 2.45) is 0 Å². The summed E-state index contributed by atoms with van der Waals surface area (Å²) >= 11 is 0. The number of hydrogen-bond acceptors (Lipinski definition) is 8. The molecule has 21 heavy (non-hydrogen) atoms. The highest BCUT2D eigenvalue weighted by Gasteiger charge is 2.19. The second-order valence-electron chi connectivity index (χ2n) is 5.13. The van der Waals surface area contributed by atoms with Crippen molar-refractivity contribution in [3.63, 3.8) is 0 Å². The molecule has 0 spiro atoms. The number of aliphatic hydroxyl groups is 1. The SMILES string of the molecule is Cc1nonc1CNc1nccc(N2CCCC(O)C2)n1. The average molecular weight is 290 g/mol. The molecule has 0 aliphatic carbocycles.